The van der Waals surface area contributed by atoms with Gasteiger partial charge in [0.2, 0.25) is 0 Å². The van der Waals surface area contributed by atoms with Crippen LogP contribution in [0.5, 0.6) is 11.5 Å². The zero-order chi connectivity index (χ0) is 12.1. The third kappa shape index (κ3) is 3.03. The van der Waals surface area contributed by atoms with Crippen molar-refractivity contribution in [3.8, 4) is 11.5 Å². The molecule has 0 saturated carbocycles. The van der Waals surface area contributed by atoms with Gasteiger partial charge in [0, 0.05) is 0 Å². The first-order valence-corrected chi connectivity index (χ1v) is 5.23. The number of benzene rings is 1. The Bertz CT molecular complexity index is 392. The summed E-state index contributed by atoms with van der Waals surface area (Å²) in [5.41, 5.74) is 0.764. The number of ether oxygens (including phenoxy) is 2. The first-order valence-electron chi connectivity index (χ1n) is 4.86. The first-order chi connectivity index (χ1) is 7.58. The Kier molecular flexibility index (Phi) is 4.43. The molecule has 1 aromatic rings. The van der Waals surface area contributed by atoms with E-state index in [-0.39, 0.29) is 6.10 Å². The fourth-order valence-electron chi connectivity index (χ4n) is 1.25. The first kappa shape index (κ1) is 12.6. The van der Waals surface area contributed by atoms with Crippen molar-refractivity contribution in [3.63, 3.8) is 0 Å². The van der Waals surface area contributed by atoms with E-state index in [9.17, 15) is 0 Å². The summed E-state index contributed by atoms with van der Waals surface area (Å²) >= 11 is 6.09. The van der Waals surface area contributed by atoms with Crippen LogP contribution in [0, 0.1) is 0 Å². The number of hydrogen-bond donors (Lipinski definition) is 1. The lowest BCUT2D eigenvalue weighted by atomic mass is 10.2. The van der Waals surface area contributed by atoms with Crippen molar-refractivity contribution >= 4 is 17.8 Å². The van der Waals surface area contributed by atoms with Gasteiger partial charge in [-0.05, 0) is 31.5 Å². The Balaban J connectivity index is 3.17. The maximum atomic E-state index is 6.09. The maximum Gasteiger partial charge on any atom is 0.180 e. The third-order valence-electron chi connectivity index (χ3n) is 1.83. The second-order valence-electron chi connectivity index (χ2n) is 3.48. The van der Waals surface area contributed by atoms with E-state index in [1.807, 2.05) is 13.8 Å². The van der Waals surface area contributed by atoms with Crippen LogP contribution in [0.25, 0.3) is 0 Å². The zero-order valence-corrected chi connectivity index (χ0v) is 10.3. The summed E-state index contributed by atoms with van der Waals surface area (Å²) in [4.78, 5) is 0. The number of rotatable bonds is 4. The Hall–Kier alpha value is -1.42. The van der Waals surface area contributed by atoms with Gasteiger partial charge in [-0.1, -0.05) is 11.6 Å². The topological polar surface area (TPSA) is 56.8 Å². The number of methoxy groups -OCH3 is 1. The van der Waals surface area contributed by atoms with E-state index in [0.717, 1.165) is 5.56 Å². The highest BCUT2D eigenvalue weighted by atomic mass is 35.5. The molecule has 4 nitrogen and oxygen atoms in total. The maximum absolute atomic E-state index is 6.09. The highest BCUT2D eigenvalue weighted by Crippen LogP contribution is 2.36. The van der Waals surface area contributed by atoms with Crippen LogP contribution < -0.4 is 15.3 Å². The molecule has 5 heteroatoms. The van der Waals surface area contributed by atoms with Crippen LogP contribution in [-0.2, 0) is 0 Å². The van der Waals surface area contributed by atoms with Gasteiger partial charge in [-0.2, -0.15) is 5.10 Å². The summed E-state index contributed by atoms with van der Waals surface area (Å²) in [5.74, 6) is 6.18. The van der Waals surface area contributed by atoms with E-state index in [1.165, 1.54) is 6.21 Å². The summed E-state index contributed by atoms with van der Waals surface area (Å²) in [6.07, 6.45) is 1.52. The van der Waals surface area contributed by atoms with Crippen LogP contribution >= 0.6 is 11.6 Å². The van der Waals surface area contributed by atoms with Gasteiger partial charge in [-0.25, -0.2) is 0 Å². The molecule has 0 fully saturated rings. The Morgan fingerprint density at radius 2 is 2.12 bits per heavy atom. The fraction of sp³-hybridized carbons (Fsp3) is 0.364. The summed E-state index contributed by atoms with van der Waals surface area (Å²) in [6, 6.07) is 3.48. The van der Waals surface area contributed by atoms with Gasteiger partial charge in [-0.15, -0.1) is 0 Å². The van der Waals surface area contributed by atoms with Crippen molar-refractivity contribution < 1.29 is 9.47 Å². The summed E-state index contributed by atoms with van der Waals surface area (Å²) in [5, 5.41) is 3.91. The molecule has 0 radical (unpaired) electrons. The Morgan fingerprint density at radius 3 is 2.62 bits per heavy atom. The zero-order valence-electron chi connectivity index (χ0n) is 9.53. The molecular weight excluding hydrogens is 228 g/mol. The van der Waals surface area contributed by atoms with Gasteiger partial charge in [0.05, 0.1) is 24.5 Å². The molecule has 0 atom stereocenters. The van der Waals surface area contributed by atoms with E-state index >= 15 is 0 Å². The normalized spacial score (nSPS) is 11.1. The largest absolute Gasteiger partial charge is 0.493 e. The SMILES string of the molecule is COc1cc(C=NN)cc(Cl)c1OC(C)C. The quantitative estimate of drug-likeness (QED) is 0.501. The van der Waals surface area contributed by atoms with E-state index < -0.39 is 0 Å². The highest BCUT2D eigenvalue weighted by molar-refractivity contribution is 6.32. The molecule has 0 aliphatic carbocycles. The minimum atomic E-state index is 0.0282. The molecular formula is C11H15ClN2O2. The van der Waals surface area contributed by atoms with E-state index in [1.54, 1.807) is 19.2 Å². The standard InChI is InChI=1S/C11H15ClN2O2/c1-7(2)16-11-9(12)4-8(6-14-13)5-10(11)15-3/h4-7H,13H2,1-3H3. The molecule has 0 amide bonds. The average Bonchev–Trinajstić information content (AvgIpc) is 2.21. The number of hydrogen-bond acceptors (Lipinski definition) is 4. The smallest absolute Gasteiger partial charge is 0.180 e. The molecule has 88 valence electrons. The molecule has 0 heterocycles. The molecule has 0 unspecified atom stereocenters. The van der Waals surface area contributed by atoms with Gasteiger partial charge in [-0.3, -0.25) is 0 Å². The van der Waals surface area contributed by atoms with Gasteiger partial charge in [0.25, 0.3) is 0 Å². The van der Waals surface area contributed by atoms with Crippen molar-refractivity contribution in [2.45, 2.75) is 20.0 Å². The summed E-state index contributed by atoms with van der Waals surface area (Å²) in [6.45, 7) is 3.84. The van der Waals surface area contributed by atoms with E-state index in [2.05, 4.69) is 5.10 Å². The number of nitrogens with zero attached hydrogens (tertiary/aromatic N) is 1. The Labute approximate surface area is 100.0 Å². The van der Waals surface area contributed by atoms with Crippen molar-refractivity contribution in [1.29, 1.82) is 0 Å². The van der Waals surface area contributed by atoms with Gasteiger partial charge >= 0.3 is 0 Å². The monoisotopic (exact) mass is 242 g/mol. The minimum Gasteiger partial charge on any atom is -0.493 e. The second kappa shape index (κ2) is 5.61. The van der Waals surface area contributed by atoms with Gasteiger partial charge < -0.3 is 15.3 Å². The summed E-state index contributed by atoms with van der Waals surface area (Å²) in [7, 11) is 1.56. The predicted octanol–water partition coefficient (Wildman–Crippen LogP) is 2.43. The molecule has 0 saturated heterocycles. The van der Waals surface area contributed by atoms with Crippen LogP contribution in [0.4, 0.5) is 0 Å². The van der Waals surface area contributed by atoms with Crippen molar-refractivity contribution in [3.05, 3.63) is 22.7 Å². The molecule has 0 bridgehead atoms. The lowest BCUT2D eigenvalue weighted by molar-refractivity contribution is 0.230. The highest BCUT2D eigenvalue weighted by Gasteiger charge is 2.12. The van der Waals surface area contributed by atoms with Crippen LogP contribution in [0.1, 0.15) is 19.4 Å². The van der Waals surface area contributed by atoms with Crippen LogP contribution in [0.3, 0.4) is 0 Å². The molecule has 0 aliphatic heterocycles. The molecule has 1 rings (SSSR count). The van der Waals surface area contributed by atoms with Crippen LogP contribution in [-0.4, -0.2) is 19.4 Å². The molecule has 0 aromatic heterocycles. The van der Waals surface area contributed by atoms with Gasteiger partial charge in [0.1, 0.15) is 0 Å². The van der Waals surface area contributed by atoms with Gasteiger partial charge in [0.15, 0.2) is 11.5 Å². The van der Waals surface area contributed by atoms with Crippen molar-refractivity contribution in [2.75, 3.05) is 7.11 Å². The number of nitrogens with two attached hydrogens (primary N) is 1. The molecule has 16 heavy (non-hydrogen) atoms. The summed E-state index contributed by atoms with van der Waals surface area (Å²) < 4.78 is 10.8. The average molecular weight is 243 g/mol. The predicted molar refractivity (Wildman–Crippen MR) is 65.5 cm³/mol. The molecule has 0 spiro atoms. The lowest BCUT2D eigenvalue weighted by Crippen LogP contribution is -2.07. The fourth-order valence-corrected chi connectivity index (χ4v) is 1.51. The van der Waals surface area contributed by atoms with Crippen molar-refractivity contribution in [2.24, 2.45) is 10.9 Å². The molecule has 2 N–H and O–H groups in total. The molecule has 0 aliphatic rings. The van der Waals surface area contributed by atoms with E-state index in [0.29, 0.717) is 16.5 Å². The minimum absolute atomic E-state index is 0.0282. The van der Waals surface area contributed by atoms with E-state index in [4.69, 9.17) is 26.9 Å². The third-order valence-corrected chi connectivity index (χ3v) is 2.11. The van der Waals surface area contributed by atoms with Crippen LogP contribution in [0.15, 0.2) is 17.2 Å². The number of hydrazone groups is 1. The Morgan fingerprint density at radius 1 is 1.44 bits per heavy atom. The van der Waals surface area contributed by atoms with Crippen molar-refractivity contribution in [1.82, 2.24) is 0 Å². The molecule has 1 aromatic carbocycles. The van der Waals surface area contributed by atoms with Crippen LogP contribution in [0.2, 0.25) is 5.02 Å². The lowest BCUT2D eigenvalue weighted by Gasteiger charge is -2.15. The second-order valence-corrected chi connectivity index (χ2v) is 3.89. The number of halogens is 1.